The fraction of sp³-hybridized carbons (Fsp3) is 0.385. The van der Waals surface area contributed by atoms with Crippen LogP contribution >= 0.6 is 23.4 Å². The van der Waals surface area contributed by atoms with Crippen molar-refractivity contribution < 1.29 is 14.7 Å². The fourth-order valence-electron chi connectivity index (χ4n) is 1.98. The molecule has 1 aromatic carbocycles. The van der Waals surface area contributed by atoms with Crippen molar-refractivity contribution in [1.29, 1.82) is 0 Å². The summed E-state index contributed by atoms with van der Waals surface area (Å²) in [5.41, 5.74) is 0.271. The standard InChI is InChI=1S/C13H15ClN2O3S/c14-8-1-2-10(13(18)19)11(5-8)16-12(17)6-9-7-20-4-3-15-9/h1-2,5,9,15H,3-4,6-7H2,(H,16,17)(H,18,19). The van der Waals surface area contributed by atoms with Crippen LogP contribution in [0.15, 0.2) is 18.2 Å². The summed E-state index contributed by atoms with van der Waals surface area (Å²) in [6.07, 6.45) is 0.318. The quantitative estimate of drug-likeness (QED) is 0.793. The second kappa shape index (κ2) is 6.97. The lowest BCUT2D eigenvalue weighted by Gasteiger charge is -2.22. The number of hydrogen-bond donors (Lipinski definition) is 3. The summed E-state index contributed by atoms with van der Waals surface area (Å²) >= 11 is 7.64. The van der Waals surface area contributed by atoms with Gasteiger partial charge in [0.15, 0.2) is 0 Å². The molecule has 0 spiro atoms. The zero-order valence-electron chi connectivity index (χ0n) is 10.7. The Hall–Kier alpha value is -1.24. The Morgan fingerprint density at radius 1 is 1.50 bits per heavy atom. The Kier molecular flexibility index (Phi) is 5.28. The van der Waals surface area contributed by atoms with Crippen LogP contribution in [0.5, 0.6) is 0 Å². The van der Waals surface area contributed by atoms with E-state index in [9.17, 15) is 9.59 Å². The summed E-state index contributed by atoms with van der Waals surface area (Å²) in [5.74, 6) is 0.628. The molecule has 0 radical (unpaired) electrons. The maximum atomic E-state index is 12.0. The van der Waals surface area contributed by atoms with Gasteiger partial charge in [-0.2, -0.15) is 11.8 Å². The summed E-state index contributed by atoms with van der Waals surface area (Å²) < 4.78 is 0. The summed E-state index contributed by atoms with van der Waals surface area (Å²) in [5, 5.41) is 15.4. The number of carboxylic acids is 1. The van der Waals surface area contributed by atoms with E-state index in [4.69, 9.17) is 16.7 Å². The number of nitrogens with one attached hydrogen (secondary N) is 2. The van der Waals surface area contributed by atoms with E-state index in [2.05, 4.69) is 10.6 Å². The first-order valence-electron chi connectivity index (χ1n) is 6.20. The van der Waals surface area contributed by atoms with E-state index in [1.165, 1.54) is 18.2 Å². The molecule has 1 unspecified atom stereocenters. The average molecular weight is 315 g/mol. The van der Waals surface area contributed by atoms with E-state index >= 15 is 0 Å². The maximum absolute atomic E-state index is 12.0. The molecule has 2 rings (SSSR count). The molecule has 0 saturated carbocycles. The normalized spacial score (nSPS) is 18.6. The molecule has 0 aromatic heterocycles. The molecule has 3 N–H and O–H groups in total. The van der Waals surface area contributed by atoms with Crippen molar-refractivity contribution in [3.8, 4) is 0 Å². The molecule has 0 aliphatic carbocycles. The Morgan fingerprint density at radius 2 is 2.30 bits per heavy atom. The number of anilines is 1. The molecular formula is C13H15ClN2O3S. The number of thioether (sulfide) groups is 1. The second-order valence-corrected chi connectivity index (χ2v) is 6.06. The van der Waals surface area contributed by atoms with Crippen LogP contribution in [-0.4, -0.2) is 41.1 Å². The minimum absolute atomic E-state index is 0.0359. The van der Waals surface area contributed by atoms with Crippen molar-refractivity contribution in [2.75, 3.05) is 23.4 Å². The first-order valence-corrected chi connectivity index (χ1v) is 7.73. The van der Waals surface area contributed by atoms with Crippen molar-refractivity contribution in [3.63, 3.8) is 0 Å². The molecule has 1 aliphatic rings. The highest BCUT2D eigenvalue weighted by molar-refractivity contribution is 7.99. The second-order valence-electron chi connectivity index (χ2n) is 4.47. The minimum atomic E-state index is -1.09. The number of rotatable bonds is 4. The highest BCUT2D eigenvalue weighted by atomic mass is 35.5. The van der Waals surface area contributed by atoms with Crippen molar-refractivity contribution in [2.45, 2.75) is 12.5 Å². The Balaban J connectivity index is 2.03. The highest BCUT2D eigenvalue weighted by Crippen LogP contribution is 2.21. The Labute approximate surface area is 126 Å². The van der Waals surface area contributed by atoms with E-state index in [1.807, 2.05) is 0 Å². The predicted molar refractivity (Wildman–Crippen MR) is 80.8 cm³/mol. The third kappa shape index (κ3) is 4.13. The SMILES string of the molecule is O=C(CC1CSCCN1)Nc1cc(Cl)ccc1C(=O)O. The molecule has 1 saturated heterocycles. The molecule has 1 aliphatic heterocycles. The maximum Gasteiger partial charge on any atom is 0.337 e. The summed E-state index contributed by atoms with van der Waals surface area (Å²) in [6, 6.07) is 4.45. The number of amides is 1. The van der Waals surface area contributed by atoms with E-state index in [0.29, 0.717) is 11.4 Å². The van der Waals surface area contributed by atoms with Crippen molar-refractivity contribution in [1.82, 2.24) is 5.32 Å². The fourth-order valence-corrected chi connectivity index (χ4v) is 3.10. The van der Waals surface area contributed by atoms with Crippen LogP contribution in [-0.2, 0) is 4.79 Å². The van der Waals surface area contributed by atoms with Gasteiger partial charge in [-0.15, -0.1) is 0 Å². The van der Waals surface area contributed by atoms with Gasteiger partial charge in [0.2, 0.25) is 5.91 Å². The van der Waals surface area contributed by atoms with E-state index < -0.39 is 5.97 Å². The minimum Gasteiger partial charge on any atom is -0.478 e. The number of aromatic carboxylic acids is 1. The van der Waals surface area contributed by atoms with Crippen molar-refractivity contribution in [2.24, 2.45) is 0 Å². The van der Waals surface area contributed by atoms with Crippen molar-refractivity contribution in [3.05, 3.63) is 28.8 Å². The van der Waals surface area contributed by atoms with Crippen LogP contribution in [0.25, 0.3) is 0 Å². The van der Waals surface area contributed by atoms with Gasteiger partial charge in [0.1, 0.15) is 0 Å². The van der Waals surface area contributed by atoms with Gasteiger partial charge in [0.25, 0.3) is 0 Å². The van der Waals surface area contributed by atoms with Gasteiger partial charge in [0.05, 0.1) is 11.3 Å². The summed E-state index contributed by atoms with van der Waals surface area (Å²) in [7, 11) is 0. The Bertz CT molecular complexity index is 518. The molecule has 20 heavy (non-hydrogen) atoms. The summed E-state index contributed by atoms with van der Waals surface area (Å²) in [6.45, 7) is 0.889. The topological polar surface area (TPSA) is 78.4 Å². The number of carbonyl (C=O) groups is 2. The lowest BCUT2D eigenvalue weighted by atomic mass is 10.1. The monoisotopic (exact) mass is 314 g/mol. The molecule has 1 heterocycles. The third-order valence-electron chi connectivity index (χ3n) is 2.92. The largest absolute Gasteiger partial charge is 0.478 e. The number of carboxylic acid groups (broad SMARTS) is 1. The molecular weight excluding hydrogens is 300 g/mol. The van der Waals surface area contributed by atoms with Crippen LogP contribution in [0.2, 0.25) is 5.02 Å². The molecule has 1 fully saturated rings. The number of benzene rings is 1. The van der Waals surface area contributed by atoms with Gasteiger partial charge < -0.3 is 15.7 Å². The zero-order valence-corrected chi connectivity index (χ0v) is 12.3. The van der Waals surface area contributed by atoms with Gasteiger partial charge >= 0.3 is 5.97 Å². The number of hydrogen-bond acceptors (Lipinski definition) is 4. The first kappa shape index (κ1) is 15.2. The molecule has 108 valence electrons. The molecule has 0 bridgehead atoms. The highest BCUT2D eigenvalue weighted by Gasteiger charge is 2.18. The smallest absolute Gasteiger partial charge is 0.337 e. The Morgan fingerprint density at radius 3 is 2.95 bits per heavy atom. The number of carbonyl (C=O) groups excluding carboxylic acids is 1. The third-order valence-corrected chi connectivity index (χ3v) is 4.28. The van der Waals surface area contributed by atoms with Gasteiger partial charge in [-0.05, 0) is 18.2 Å². The van der Waals surface area contributed by atoms with Crippen LogP contribution in [0.1, 0.15) is 16.8 Å². The zero-order chi connectivity index (χ0) is 14.5. The molecule has 1 amide bonds. The predicted octanol–water partition coefficient (Wildman–Crippen LogP) is 2.07. The van der Waals surface area contributed by atoms with E-state index in [0.717, 1.165) is 18.1 Å². The van der Waals surface area contributed by atoms with E-state index in [1.54, 1.807) is 11.8 Å². The molecule has 1 aromatic rings. The van der Waals surface area contributed by atoms with E-state index in [-0.39, 0.29) is 23.2 Å². The number of halogens is 1. The van der Waals surface area contributed by atoms with Gasteiger partial charge in [0, 0.05) is 35.5 Å². The van der Waals surface area contributed by atoms with Gasteiger partial charge in [-0.25, -0.2) is 4.79 Å². The first-order chi connectivity index (χ1) is 9.56. The van der Waals surface area contributed by atoms with Crippen molar-refractivity contribution >= 4 is 40.9 Å². The molecule has 1 atom stereocenters. The molecule has 5 nitrogen and oxygen atoms in total. The molecule has 7 heteroatoms. The van der Waals surface area contributed by atoms with Crippen LogP contribution < -0.4 is 10.6 Å². The van der Waals surface area contributed by atoms with Crippen LogP contribution in [0.3, 0.4) is 0 Å². The lowest BCUT2D eigenvalue weighted by Crippen LogP contribution is -2.40. The average Bonchev–Trinajstić information content (AvgIpc) is 2.39. The van der Waals surface area contributed by atoms with Gasteiger partial charge in [-0.1, -0.05) is 11.6 Å². The van der Waals surface area contributed by atoms with Gasteiger partial charge in [-0.3, -0.25) is 4.79 Å². The summed E-state index contributed by atoms with van der Waals surface area (Å²) in [4.78, 5) is 23.1. The van der Waals surface area contributed by atoms with Crippen LogP contribution in [0, 0.1) is 0 Å². The van der Waals surface area contributed by atoms with Crippen LogP contribution in [0.4, 0.5) is 5.69 Å². The lowest BCUT2D eigenvalue weighted by molar-refractivity contribution is -0.116.